The van der Waals surface area contributed by atoms with Crippen molar-refractivity contribution < 1.29 is 4.74 Å². The molecule has 2 fully saturated rings. The molecular formula is C15H19N3O. The van der Waals surface area contributed by atoms with Crippen LogP contribution in [-0.4, -0.2) is 27.0 Å². The van der Waals surface area contributed by atoms with Gasteiger partial charge in [0, 0.05) is 24.3 Å². The second-order valence-electron chi connectivity index (χ2n) is 6.56. The van der Waals surface area contributed by atoms with Crippen LogP contribution >= 0.6 is 0 Å². The first-order valence-corrected chi connectivity index (χ1v) is 7.09. The summed E-state index contributed by atoms with van der Waals surface area (Å²) >= 11 is 0. The third-order valence-electron chi connectivity index (χ3n) is 4.59. The lowest BCUT2D eigenvalue weighted by Crippen LogP contribution is -2.34. The Morgan fingerprint density at radius 1 is 1.42 bits per heavy atom. The normalized spacial score (nSPS) is 33.9. The Balaban J connectivity index is 1.59. The molecule has 1 spiro atoms. The van der Waals surface area contributed by atoms with E-state index < -0.39 is 0 Å². The SMILES string of the molecule is C[C@]1(Cn2cc3cccnc3n2)CCCC2(CO2)C1. The van der Waals surface area contributed by atoms with Gasteiger partial charge in [-0.1, -0.05) is 6.92 Å². The van der Waals surface area contributed by atoms with Crippen LogP contribution in [0.25, 0.3) is 11.0 Å². The molecule has 4 nitrogen and oxygen atoms in total. The van der Waals surface area contributed by atoms with Crippen molar-refractivity contribution >= 4 is 11.0 Å². The van der Waals surface area contributed by atoms with Crippen LogP contribution < -0.4 is 0 Å². The van der Waals surface area contributed by atoms with Crippen LogP contribution in [0.3, 0.4) is 0 Å². The number of hydrogen-bond acceptors (Lipinski definition) is 3. The van der Waals surface area contributed by atoms with Crippen LogP contribution in [0.15, 0.2) is 24.5 Å². The third-order valence-corrected chi connectivity index (χ3v) is 4.59. The van der Waals surface area contributed by atoms with E-state index in [0.717, 1.165) is 24.2 Å². The highest BCUT2D eigenvalue weighted by Gasteiger charge is 2.51. The van der Waals surface area contributed by atoms with Crippen LogP contribution in [0, 0.1) is 5.41 Å². The third kappa shape index (κ3) is 2.04. The molecule has 1 aliphatic carbocycles. The average molecular weight is 257 g/mol. The fourth-order valence-electron chi connectivity index (χ4n) is 3.65. The molecular weight excluding hydrogens is 238 g/mol. The summed E-state index contributed by atoms with van der Waals surface area (Å²) in [5, 5.41) is 5.71. The molecule has 100 valence electrons. The molecule has 1 unspecified atom stereocenters. The zero-order chi connectivity index (χ0) is 12.9. The number of nitrogens with zero attached hydrogens (tertiary/aromatic N) is 3. The lowest BCUT2D eigenvalue weighted by atomic mass is 9.71. The predicted molar refractivity (Wildman–Crippen MR) is 72.8 cm³/mol. The lowest BCUT2D eigenvalue weighted by Gasteiger charge is -2.36. The van der Waals surface area contributed by atoms with E-state index in [1.807, 2.05) is 6.07 Å². The molecule has 1 saturated carbocycles. The Kier molecular flexibility index (Phi) is 2.28. The maximum absolute atomic E-state index is 5.69. The lowest BCUT2D eigenvalue weighted by molar-refractivity contribution is 0.0989. The summed E-state index contributed by atoms with van der Waals surface area (Å²) in [5.74, 6) is 0. The number of hydrogen-bond donors (Lipinski definition) is 0. The molecule has 0 bridgehead atoms. The minimum absolute atomic E-state index is 0.220. The summed E-state index contributed by atoms with van der Waals surface area (Å²) in [5.41, 5.74) is 1.37. The number of fused-ring (bicyclic) bond motifs is 1. The Bertz CT molecular complexity index is 584. The van der Waals surface area contributed by atoms with Gasteiger partial charge in [0.15, 0.2) is 5.65 Å². The first-order valence-electron chi connectivity index (χ1n) is 7.09. The smallest absolute Gasteiger partial charge is 0.181 e. The van der Waals surface area contributed by atoms with Crippen LogP contribution in [0.1, 0.15) is 32.6 Å². The molecule has 4 heteroatoms. The molecule has 1 saturated heterocycles. The molecule has 2 aromatic heterocycles. The predicted octanol–water partition coefficient (Wildman–Crippen LogP) is 2.78. The quantitative estimate of drug-likeness (QED) is 0.777. The van der Waals surface area contributed by atoms with Crippen molar-refractivity contribution in [3.05, 3.63) is 24.5 Å². The van der Waals surface area contributed by atoms with E-state index in [2.05, 4.69) is 34.0 Å². The van der Waals surface area contributed by atoms with Crippen molar-refractivity contribution in [2.45, 2.75) is 44.8 Å². The van der Waals surface area contributed by atoms with Gasteiger partial charge in [0.1, 0.15) is 0 Å². The summed E-state index contributed by atoms with van der Waals surface area (Å²) in [6, 6.07) is 4.03. The maximum Gasteiger partial charge on any atom is 0.181 e. The van der Waals surface area contributed by atoms with Crippen LogP contribution in [0.4, 0.5) is 0 Å². The standard InChI is InChI=1S/C15H19N3O/c1-14(5-3-6-15(9-14)11-19-15)10-18-8-12-4-2-7-16-13(12)17-18/h2,4,7-8H,3,5-6,9-11H2,1H3/t14-,15?/m0/s1. The van der Waals surface area contributed by atoms with Crippen molar-refractivity contribution in [1.82, 2.24) is 14.8 Å². The number of epoxide rings is 1. The fraction of sp³-hybridized carbons (Fsp3) is 0.600. The van der Waals surface area contributed by atoms with Gasteiger partial charge in [-0.2, -0.15) is 5.10 Å². The highest BCUT2D eigenvalue weighted by Crippen LogP contribution is 2.50. The highest BCUT2D eigenvalue weighted by atomic mass is 16.6. The van der Waals surface area contributed by atoms with E-state index in [1.54, 1.807) is 6.20 Å². The zero-order valence-corrected chi connectivity index (χ0v) is 11.3. The van der Waals surface area contributed by atoms with Crippen LogP contribution in [-0.2, 0) is 11.3 Å². The highest BCUT2D eigenvalue weighted by molar-refractivity contribution is 5.73. The van der Waals surface area contributed by atoms with Crippen LogP contribution in [0.5, 0.6) is 0 Å². The monoisotopic (exact) mass is 257 g/mol. The van der Waals surface area contributed by atoms with Gasteiger partial charge < -0.3 is 4.74 Å². The van der Waals surface area contributed by atoms with E-state index in [1.165, 1.54) is 25.7 Å². The zero-order valence-electron chi connectivity index (χ0n) is 11.3. The molecule has 4 rings (SSSR count). The summed E-state index contributed by atoms with van der Waals surface area (Å²) in [7, 11) is 0. The Morgan fingerprint density at radius 2 is 2.32 bits per heavy atom. The van der Waals surface area contributed by atoms with E-state index >= 15 is 0 Å². The molecule has 0 radical (unpaired) electrons. The molecule has 1 aliphatic heterocycles. The number of pyridine rings is 1. The largest absolute Gasteiger partial charge is 0.370 e. The molecule has 0 aromatic carbocycles. The van der Waals surface area contributed by atoms with Gasteiger partial charge in [0.2, 0.25) is 0 Å². The summed E-state index contributed by atoms with van der Waals surface area (Å²) in [4.78, 5) is 4.30. The van der Waals surface area contributed by atoms with Gasteiger partial charge in [0.25, 0.3) is 0 Å². The Hall–Kier alpha value is -1.42. The number of ether oxygens (including phenoxy) is 1. The Morgan fingerprint density at radius 3 is 3.11 bits per heavy atom. The molecule has 0 N–H and O–H groups in total. The van der Waals surface area contributed by atoms with E-state index in [0.29, 0.717) is 5.41 Å². The summed E-state index contributed by atoms with van der Waals surface area (Å²) in [6.07, 6.45) is 8.86. The van der Waals surface area contributed by atoms with Crippen molar-refractivity contribution in [1.29, 1.82) is 0 Å². The second kappa shape index (κ2) is 3.79. The molecule has 0 amide bonds. The molecule has 2 aliphatic rings. The number of aromatic nitrogens is 3. The van der Waals surface area contributed by atoms with Gasteiger partial charge in [-0.25, -0.2) is 4.98 Å². The first-order chi connectivity index (χ1) is 9.17. The van der Waals surface area contributed by atoms with E-state index in [9.17, 15) is 0 Å². The maximum atomic E-state index is 5.69. The van der Waals surface area contributed by atoms with Gasteiger partial charge in [-0.15, -0.1) is 0 Å². The van der Waals surface area contributed by atoms with Gasteiger partial charge in [0.05, 0.1) is 12.2 Å². The van der Waals surface area contributed by atoms with Crippen molar-refractivity contribution in [2.75, 3.05) is 6.61 Å². The minimum atomic E-state index is 0.220. The van der Waals surface area contributed by atoms with Gasteiger partial charge in [-0.05, 0) is 43.2 Å². The molecule has 3 heterocycles. The molecule has 2 aromatic rings. The summed E-state index contributed by atoms with van der Waals surface area (Å²) in [6.45, 7) is 4.30. The van der Waals surface area contributed by atoms with Crippen molar-refractivity contribution in [2.24, 2.45) is 5.41 Å². The fourth-order valence-corrected chi connectivity index (χ4v) is 3.65. The molecule has 19 heavy (non-hydrogen) atoms. The number of rotatable bonds is 2. The average Bonchev–Trinajstić information content (AvgIpc) is 2.98. The molecule has 2 atom stereocenters. The van der Waals surface area contributed by atoms with Crippen LogP contribution in [0.2, 0.25) is 0 Å². The van der Waals surface area contributed by atoms with Gasteiger partial charge >= 0.3 is 0 Å². The summed E-state index contributed by atoms with van der Waals surface area (Å²) < 4.78 is 7.76. The van der Waals surface area contributed by atoms with Crippen molar-refractivity contribution in [3.8, 4) is 0 Å². The van der Waals surface area contributed by atoms with Gasteiger partial charge in [-0.3, -0.25) is 4.68 Å². The second-order valence-corrected chi connectivity index (χ2v) is 6.56. The van der Waals surface area contributed by atoms with Crippen molar-refractivity contribution in [3.63, 3.8) is 0 Å². The topological polar surface area (TPSA) is 43.2 Å². The first kappa shape index (κ1) is 11.4. The minimum Gasteiger partial charge on any atom is -0.370 e. The van der Waals surface area contributed by atoms with E-state index in [4.69, 9.17) is 4.74 Å². The Labute approximate surface area is 112 Å². The van der Waals surface area contributed by atoms with E-state index in [-0.39, 0.29) is 5.60 Å².